The van der Waals surface area contributed by atoms with E-state index in [0.29, 0.717) is 0 Å². The van der Waals surface area contributed by atoms with Crippen LogP contribution >= 0.6 is 0 Å². The van der Waals surface area contributed by atoms with Gasteiger partial charge in [-0.15, -0.1) is 0 Å². The molecule has 0 atom stereocenters. The molecule has 5 nitrogen and oxygen atoms in total. The molecular weight excluding hydrogens is 252 g/mol. The smallest absolute Gasteiger partial charge is 0.321 e. The van der Waals surface area contributed by atoms with Gasteiger partial charge in [0.25, 0.3) is 0 Å². The first kappa shape index (κ1) is 13.4. The van der Waals surface area contributed by atoms with E-state index in [1.165, 1.54) is 16.7 Å². The molecular formula is C15H22N4O. The SMILES string of the molecule is CN(C)Cc1cc2c(cc1N1CCCNC1=O)CNC2. The summed E-state index contributed by atoms with van der Waals surface area (Å²) < 4.78 is 0. The Labute approximate surface area is 119 Å². The van der Waals surface area contributed by atoms with Gasteiger partial charge in [-0.3, -0.25) is 4.90 Å². The average Bonchev–Trinajstić information content (AvgIpc) is 2.85. The van der Waals surface area contributed by atoms with E-state index in [0.717, 1.165) is 44.8 Å². The van der Waals surface area contributed by atoms with Crippen LogP contribution in [0.1, 0.15) is 23.1 Å². The van der Waals surface area contributed by atoms with Crippen molar-refractivity contribution in [1.82, 2.24) is 15.5 Å². The monoisotopic (exact) mass is 274 g/mol. The first-order chi connectivity index (χ1) is 9.65. The minimum absolute atomic E-state index is 0.0298. The van der Waals surface area contributed by atoms with Crippen LogP contribution in [0.4, 0.5) is 10.5 Å². The minimum Gasteiger partial charge on any atom is -0.338 e. The summed E-state index contributed by atoms with van der Waals surface area (Å²) in [5, 5.41) is 6.31. The van der Waals surface area contributed by atoms with Crippen molar-refractivity contribution in [1.29, 1.82) is 0 Å². The summed E-state index contributed by atoms with van der Waals surface area (Å²) in [6, 6.07) is 4.48. The zero-order valence-electron chi connectivity index (χ0n) is 12.2. The number of carbonyl (C=O) groups is 1. The molecule has 0 aromatic heterocycles. The number of urea groups is 1. The van der Waals surface area contributed by atoms with E-state index in [-0.39, 0.29) is 6.03 Å². The third-order valence-electron chi connectivity index (χ3n) is 3.89. The van der Waals surface area contributed by atoms with E-state index in [2.05, 4.69) is 41.8 Å². The molecule has 2 amide bonds. The Morgan fingerprint density at radius 3 is 2.70 bits per heavy atom. The molecule has 2 heterocycles. The Hall–Kier alpha value is -1.59. The van der Waals surface area contributed by atoms with Crippen molar-refractivity contribution in [3.8, 4) is 0 Å². The van der Waals surface area contributed by atoms with Crippen LogP contribution < -0.4 is 15.5 Å². The normalized spacial score (nSPS) is 18.4. The van der Waals surface area contributed by atoms with Crippen LogP contribution in [0.3, 0.4) is 0 Å². The van der Waals surface area contributed by atoms with Crippen LogP contribution in [0, 0.1) is 0 Å². The summed E-state index contributed by atoms with van der Waals surface area (Å²) in [7, 11) is 4.12. The molecule has 0 unspecified atom stereocenters. The van der Waals surface area contributed by atoms with Gasteiger partial charge in [0.05, 0.1) is 5.69 Å². The number of carbonyl (C=O) groups excluding carboxylic acids is 1. The van der Waals surface area contributed by atoms with E-state index in [1.54, 1.807) is 0 Å². The minimum atomic E-state index is 0.0298. The molecule has 0 aliphatic carbocycles. The van der Waals surface area contributed by atoms with Gasteiger partial charge < -0.3 is 15.5 Å². The molecule has 3 rings (SSSR count). The Morgan fingerprint density at radius 2 is 2.00 bits per heavy atom. The Bertz CT molecular complexity index is 527. The molecule has 1 fully saturated rings. The molecule has 5 heteroatoms. The van der Waals surface area contributed by atoms with Crippen molar-refractivity contribution in [3.63, 3.8) is 0 Å². The lowest BCUT2D eigenvalue weighted by atomic mass is 10.0. The van der Waals surface area contributed by atoms with Crippen molar-refractivity contribution >= 4 is 11.7 Å². The van der Waals surface area contributed by atoms with Crippen molar-refractivity contribution in [2.45, 2.75) is 26.1 Å². The van der Waals surface area contributed by atoms with E-state index in [9.17, 15) is 4.79 Å². The first-order valence-electron chi connectivity index (χ1n) is 7.20. The highest BCUT2D eigenvalue weighted by Gasteiger charge is 2.24. The van der Waals surface area contributed by atoms with Crippen LogP contribution in [0.15, 0.2) is 12.1 Å². The zero-order valence-corrected chi connectivity index (χ0v) is 12.2. The Balaban J connectivity index is 2.00. The van der Waals surface area contributed by atoms with Crippen LogP contribution in [0.2, 0.25) is 0 Å². The summed E-state index contributed by atoms with van der Waals surface area (Å²) in [6.07, 6.45) is 1.00. The number of hydrogen-bond donors (Lipinski definition) is 2. The fourth-order valence-electron chi connectivity index (χ4n) is 2.97. The van der Waals surface area contributed by atoms with Crippen LogP contribution in [0.5, 0.6) is 0 Å². The standard InChI is InChI=1S/C15H22N4O/c1-18(2)10-13-6-11-8-16-9-12(11)7-14(13)19-5-3-4-17-15(19)20/h6-7,16H,3-5,8-10H2,1-2H3,(H,17,20). The first-order valence-corrected chi connectivity index (χ1v) is 7.20. The molecule has 108 valence electrons. The zero-order chi connectivity index (χ0) is 14.1. The van der Waals surface area contributed by atoms with E-state index < -0.39 is 0 Å². The third-order valence-corrected chi connectivity index (χ3v) is 3.89. The van der Waals surface area contributed by atoms with E-state index in [1.807, 2.05) is 4.90 Å². The molecule has 1 saturated heterocycles. The quantitative estimate of drug-likeness (QED) is 0.872. The number of hydrogen-bond acceptors (Lipinski definition) is 3. The lowest BCUT2D eigenvalue weighted by molar-refractivity contribution is 0.242. The predicted octanol–water partition coefficient (Wildman–Crippen LogP) is 1.27. The largest absolute Gasteiger partial charge is 0.338 e. The number of fused-ring (bicyclic) bond motifs is 1. The molecule has 1 aromatic rings. The van der Waals surface area contributed by atoms with Crippen molar-refractivity contribution < 1.29 is 4.79 Å². The van der Waals surface area contributed by atoms with Crippen molar-refractivity contribution in [3.05, 3.63) is 28.8 Å². The number of rotatable bonds is 3. The number of nitrogens with one attached hydrogen (secondary N) is 2. The number of nitrogens with zero attached hydrogens (tertiary/aromatic N) is 2. The molecule has 2 N–H and O–H groups in total. The van der Waals surface area contributed by atoms with E-state index in [4.69, 9.17) is 0 Å². The predicted molar refractivity (Wildman–Crippen MR) is 79.7 cm³/mol. The fraction of sp³-hybridized carbons (Fsp3) is 0.533. The van der Waals surface area contributed by atoms with Gasteiger partial charge in [-0.1, -0.05) is 6.07 Å². The van der Waals surface area contributed by atoms with Gasteiger partial charge in [-0.05, 0) is 43.3 Å². The molecule has 0 bridgehead atoms. The molecule has 2 aliphatic rings. The second kappa shape index (κ2) is 5.42. The summed E-state index contributed by atoms with van der Waals surface area (Å²) in [5.74, 6) is 0. The number of benzene rings is 1. The Morgan fingerprint density at radius 1 is 1.25 bits per heavy atom. The van der Waals surface area contributed by atoms with Gasteiger partial charge >= 0.3 is 6.03 Å². The highest BCUT2D eigenvalue weighted by molar-refractivity contribution is 5.93. The lowest BCUT2D eigenvalue weighted by Gasteiger charge is -2.30. The van der Waals surface area contributed by atoms with Gasteiger partial charge in [0, 0.05) is 32.7 Å². The summed E-state index contributed by atoms with van der Waals surface area (Å²) in [4.78, 5) is 16.2. The summed E-state index contributed by atoms with van der Waals surface area (Å²) in [5.41, 5.74) is 4.98. The van der Waals surface area contributed by atoms with Crippen LogP contribution in [0.25, 0.3) is 0 Å². The van der Waals surface area contributed by atoms with Crippen LogP contribution in [-0.4, -0.2) is 38.1 Å². The molecule has 1 aromatic carbocycles. The molecule has 2 aliphatic heterocycles. The summed E-state index contributed by atoms with van der Waals surface area (Å²) in [6.45, 7) is 4.28. The second-order valence-corrected chi connectivity index (χ2v) is 5.83. The van der Waals surface area contributed by atoms with Gasteiger partial charge in [0.2, 0.25) is 0 Å². The molecule has 0 spiro atoms. The van der Waals surface area contributed by atoms with Crippen LogP contribution in [-0.2, 0) is 19.6 Å². The van der Waals surface area contributed by atoms with Gasteiger partial charge in [0.1, 0.15) is 0 Å². The third kappa shape index (κ3) is 2.51. The topological polar surface area (TPSA) is 47.6 Å². The maximum atomic E-state index is 12.1. The maximum absolute atomic E-state index is 12.1. The number of amides is 2. The number of anilines is 1. The van der Waals surface area contributed by atoms with Crippen molar-refractivity contribution in [2.24, 2.45) is 0 Å². The Kier molecular flexibility index (Phi) is 3.63. The summed E-state index contributed by atoms with van der Waals surface area (Å²) >= 11 is 0. The van der Waals surface area contributed by atoms with Crippen molar-refractivity contribution in [2.75, 3.05) is 32.1 Å². The second-order valence-electron chi connectivity index (χ2n) is 5.83. The van der Waals surface area contributed by atoms with Gasteiger partial charge in [-0.25, -0.2) is 4.79 Å². The highest BCUT2D eigenvalue weighted by atomic mass is 16.2. The van der Waals surface area contributed by atoms with E-state index >= 15 is 0 Å². The molecule has 20 heavy (non-hydrogen) atoms. The van der Waals surface area contributed by atoms with Gasteiger partial charge in [-0.2, -0.15) is 0 Å². The highest BCUT2D eigenvalue weighted by Crippen LogP contribution is 2.29. The fourth-order valence-corrected chi connectivity index (χ4v) is 2.97. The lowest BCUT2D eigenvalue weighted by Crippen LogP contribution is -2.47. The maximum Gasteiger partial charge on any atom is 0.321 e. The average molecular weight is 274 g/mol. The molecule has 0 saturated carbocycles. The molecule has 0 radical (unpaired) electrons. The van der Waals surface area contributed by atoms with Gasteiger partial charge in [0.15, 0.2) is 0 Å².